The zero-order chi connectivity index (χ0) is 21.8. The molecule has 3 rings (SSSR count). The van der Waals surface area contributed by atoms with Gasteiger partial charge in [0.25, 0.3) is 11.1 Å². The Balaban J connectivity index is 1.86. The third kappa shape index (κ3) is 3.99. The summed E-state index contributed by atoms with van der Waals surface area (Å²) in [5, 5.41) is -0.457. The van der Waals surface area contributed by atoms with Crippen LogP contribution < -0.4 is 14.2 Å². The normalized spacial score (nSPS) is 14.9. The highest BCUT2D eigenvalue weighted by Gasteiger charge is 2.36. The molecule has 1 aliphatic rings. The SMILES string of the molecule is COC(=O)c1ccc(CN2C(=O)S/C(=C/c3ccc(OC)c(OC)c3OC)C2=O)o1. The lowest BCUT2D eigenvalue weighted by Crippen LogP contribution is -2.27. The molecule has 9 nitrogen and oxygen atoms in total. The van der Waals surface area contributed by atoms with E-state index in [-0.39, 0.29) is 23.0 Å². The minimum Gasteiger partial charge on any atom is -0.493 e. The van der Waals surface area contributed by atoms with Crippen molar-refractivity contribution in [2.45, 2.75) is 6.54 Å². The number of carbonyl (C=O) groups excluding carboxylic acids is 3. The molecule has 0 saturated carbocycles. The number of ether oxygens (including phenoxy) is 4. The van der Waals surface area contributed by atoms with Crippen LogP contribution in [-0.4, -0.2) is 50.5 Å². The van der Waals surface area contributed by atoms with Gasteiger partial charge in [-0.3, -0.25) is 14.5 Å². The van der Waals surface area contributed by atoms with Gasteiger partial charge < -0.3 is 23.4 Å². The molecule has 158 valence electrons. The summed E-state index contributed by atoms with van der Waals surface area (Å²) < 4.78 is 25.9. The molecule has 1 aromatic heterocycles. The van der Waals surface area contributed by atoms with Gasteiger partial charge in [0.1, 0.15) is 5.76 Å². The maximum atomic E-state index is 12.8. The molecule has 0 unspecified atom stereocenters. The zero-order valence-electron chi connectivity index (χ0n) is 16.7. The van der Waals surface area contributed by atoms with Crippen molar-refractivity contribution < 1.29 is 37.7 Å². The van der Waals surface area contributed by atoms with E-state index in [0.29, 0.717) is 22.8 Å². The molecule has 2 heterocycles. The summed E-state index contributed by atoms with van der Waals surface area (Å²) in [5.41, 5.74) is 0.548. The first-order chi connectivity index (χ1) is 14.4. The second kappa shape index (κ2) is 8.95. The van der Waals surface area contributed by atoms with Gasteiger partial charge >= 0.3 is 5.97 Å². The third-order valence-corrected chi connectivity index (χ3v) is 5.16. The molecule has 30 heavy (non-hydrogen) atoms. The van der Waals surface area contributed by atoms with E-state index in [1.165, 1.54) is 40.6 Å². The number of hydrogen-bond acceptors (Lipinski definition) is 9. The zero-order valence-corrected chi connectivity index (χ0v) is 17.5. The van der Waals surface area contributed by atoms with Crippen molar-refractivity contribution in [1.82, 2.24) is 4.90 Å². The molecule has 2 amide bonds. The van der Waals surface area contributed by atoms with Crippen molar-refractivity contribution in [3.63, 3.8) is 0 Å². The highest BCUT2D eigenvalue weighted by Crippen LogP contribution is 2.42. The van der Waals surface area contributed by atoms with E-state index in [0.717, 1.165) is 16.7 Å². The molecule has 1 fully saturated rings. The van der Waals surface area contributed by atoms with Gasteiger partial charge in [0.15, 0.2) is 11.5 Å². The predicted octanol–water partition coefficient (Wildman–Crippen LogP) is 3.33. The van der Waals surface area contributed by atoms with Gasteiger partial charge in [-0.05, 0) is 42.1 Å². The van der Waals surface area contributed by atoms with Crippen LogP contribution in [0.2, 0.25) is 0 Å². The lowest BCUT2D eigenvalue weighted by atomic mass is 10.1. The Morgan fingerprint density at radius 2 is 1.77 bits per heavy atom. The predicted molar refractivity (Wildman–Crippen MR) is 108 cm³/mol. The van der Waals surface area contributed by atoms with Crippen LogP contribution in [-0.2, 0) is 16.1 Å². The van der Waals surface area contributed by atoms with Gasteiger partial charge in [-0.1, -0.05) is 0 Å². The second-order valence-electron chi connectivity index (χ2n) is 5.95. The van der Waals surface area contributed by atoms with E-state index in [4.69, 9.17) is 18.6 Å². The molecule has 0 N–H and O–H groups in total. The van der Waals surface area contributed by atoms with Crippen LogP contribution in [0, 0.1) is 0 Å². The number of imide groups is 1. The Kier molecular flexibility index (Phi) is 6.36. The van der Waals surface area contributed by atoms with Crippen LogP contribution >= 0.6 is 11.8 Å². The molecular weight excluding hydrogens is 414 g/mol. The summed E-state index contributed by atoms with van der Waals surface area (Å²) in [5.74, 6) is 0.358. The standard InChI is InChI=1S/C20H19NO8S/c1-25-13-7-5-11(16(26-2)17(13)27-3)9-15-18(22)21(20(24)30-15)10-12-6-8-14(29-12)19(23)28-4/h5-9H,10H2,1-4H3/b15-9+. The summed E-state index contributed by atoms with van der Waals surface area (Å²) in [6, 6.07) is 6.30. The number of benzene rings is 1. The van der Waals surface area contributed by atoms with Crippen molar-refractivity contribution >= 4 is 35.0 Å². The van der Waals surface area contributed by atoms with Crippen LogP contribution in [0.5, 0.6) is 17.2 Å². The summed E-state index contributed by atoms with van der Waals surface area (Å²) in [4.78, 5) is 37.9. The van der Waals surface area contributed by atoms with Crippen molar-refractivity contribution in [2.75, 3.05) is 28.4 Å². The fourth-order valence-corrected chi connectivity index (χ4v) is 3.67. The molecule has 1 saturated heterocycles. The minimum atomic E-state index is -0.643. The Labute approximate surface area is 176 Å². The van der Waals surface area contributed by atoms with Crippen molar-refractivity contribution in [2.24, 2.45) is 0 Å². The molecular formula is C20H19NO8S. The van der Waals surface area contributed by atoms with Crippen molar-refractivity contribution in [3.05, 3.63) is 46.3 Å². The summed E-state index contributed by atoms with van der Waals surface area (Å²) in [7, 11) is 5.68. The number of thioether (sulfide) groups is 1. The number of amides is 2. The monoisotopic (exact) mass is 433 g/mol. The van der Waals surface area contributed by atoms with Gasteiger partial charge in [-0.15, -0.1) is 0 Å². The minimum absolute atomic E-state index is 0.00919. The van der Waals surface area contributed by atoms with Crippen LogP contribution in [0.3, 0.4) is 0 Å². The Bertz CT molecular complexity index is 1030. The molecule has 0 radical (unpaired) electrons. The van der Waals surface area contributed by atoms with Crippen LogP contribution in [0.4, 0.5) is 4.79 Å². The fourth-order valence-electron chi connectivity index (χ4n) is 2.84. The number of nitrogens with zero attached hydrogens (tertiary/aromatic N) is 1. The Hall–Kier alpha value is -3.40. The highest BCUT2D eigenvalue weighted by molar-refractivity contribution is 8.18. The topological polar surface area (TPSA) is 105 Å². The number of rotatable bonds is 7. The molecule has 0 atom stereocenters. The van der Waals surface area contributed by atoms with E-state index < -0.39 is 17.1 Å². The first kappa shape index (κ1) is 21.3. The van der Waals surface area contributed by atoms with E-state index in [1.807, 2.05) is 0 Å². The quantitative estimate of drug-likeness (QED) is 0.480. The van der Waals surface area contributed by atoms with Gasteiger partial charge in [-0.25, -0.2) is 4.79 Å². The van der Waals surface area contributed by atoms with Gasteiger partial charge in [0, 0.05) is 5.56 Å². The number of carbonyl (C=O) groups is 3. The van der Waals surface area contributed by atoms with Crippen LogP contribution in [0.25, 0.3) is 6.08 Å². The number of hydrogen-bond donors (Lipinski definition) is 0. The fraction of sp³-hybridized carbons (Fsp3) is 0.250. The van der Waals surface area contributed by atoms with Crippen molar-refractivity contribution in [1.29, 1.82) is 0 Å². The summed E-state index contributed by atoms with van der Waals surface area (Å²) in [6.45, 7) is -0.109. The summed E-state index contributed by atoms with van der Waals surface area (Å²) >= 11 is 0.794. The van der Waals surface area contributed by atoms with Gasteiger partial charge in [0.05, 0.1) is 39.9 Å². The molecule has 2 aromatic rings. The lowest BCUT2D eigenvalue weighted by molar-refractivity contribution is -0.123. The second-order valence-corrected chi connectivity index (χ2v) is 6.94. The van der Waals surface area contributed by atoms with Crippen LogP contribution in [0.15, 0.2) is 33.6 Å². The number of methoxy groups -OCH3 is 4. The lowest BCUT2D eigenvalue weighted by Gasteiger charge is -2.14. The van der Waals surface area contributed by atoms with Crippen LogP contribution in [0.1, 0.15) is 21.9 Å². The molecule has 0 aliphatic carbocycles. The molecule has 1 aliphatic heterocycles. The van der Waals surface area contributed by atoms with Gasteiger partial charge in [0.2, 0.25) is 11.5 Å². The maximum Gasteiger partial charge on any atom is 0.373 e. The maximum absolute atomic E-state index is 12.8. The van der Waals surface area contributed by atoms with E-state index >= 15 is 0 Å². The molecule has 0 spiro atoms. The third-order valence-electron chi connectivity index (χ3n) is 4.26. The Morgan fingerprint density at radius 3 is 2.40 bits per heavy atom. The first-order valence-electron chi connectivity index (χ1n) is 8.64. The average Bonchev–Trinajstić information content (AvgIpc) is 3.33. The smallest absolute Gasteiger partial charge is 0.373 e. The van der Waals surface area contributed by atoms with Gasteiger partial charge in [-0.2, -0.15) is 0 Å². The highest BCUT2D eigenvalue weighted by atomic mass is 32.2. The Morgan fingerprint density at radius 1 is 1.03 bits per heavy atom. The number of esters is 1. The summed E-state index contributed by atoms with van der Waals surface area (Å²) in [6.07, 6.45) is 1.55. The molecule has 10 heteroatoms. The first-order valence-corrected chi connectivity index (χ1v) is 9.46. The molecule has 1 aromatic carbocycles. The number of furan rings is 1. The largest absolute Gasteiger partial charge is 0.493 e. The van der Waals surface area contributed by atoms with E-state index in [9.17, 15) is 14.4 Å². The average molecular weight is 433 g/mol. The van der Waals surface area contributed by atoms with Crippen molar-refractivity contribution in [3.8, 4) is 17.2 Å². The van der Waals surface area contributed by atoms with E-state index in [1.54, 1.807) is 18.2 Å². The van der Waals surface area contributed by atoms with E-state index in [2.05, 4.69) is 4.74 Å². The molecule has 0 bridgehead atoms.